The molecule has 3 aliphatic rings. The van der Waals surface area contributed by atoms with E-state index in [1.807, 2.05) is 0 Å². The van der Waals surface area contributed by atoms with Gasteiger partial charge in [-0.2, -0.15) is 0 Å². The molecule has 0 aliphatic heterocycles. The molecule has 0 aromatic rings. The minimum absolute atomic E-state index is 0.0660. The maximum absolute atomic E-state index is 12.2. The summed E-state index contributed by atoms with van der Waals surface area (Å²) in [4.78, 5) is 23.1. The molecule has 0 radical (unpaired) electrons. The molecule has 0 heterocycles. The van der Waals surface area contributed by atoms with E-state index in [0.29, 0.717) is 24.8 Å². The molecule has 3 fully saturated rings. The zero-order valence-corrected chi connectivity index (χ0v) is 12.0. The van der Waals surface area contributed by atoms with Crippen LogP contribution in [0.5, 0.6) is 0 Å². The van der Waals surface area contributed by atoms with Crippen LogP contribution in [0.3, 0.4) is 0 Å². The van der Waals surface area contributed by atoms with Crippen LogP contribution in [0.4, 0.5) is 0 Å². The van der Waals surface area contributed by atoms with Crippen molar-refractivity contribution >= 4 is 11.9 Å². The molecule has 3 rings (SSSR count). The standard InChI is InChI=1S/C16H25NO3/c18-15(11-6-7-12(8-11)16(19)20)17-14-9-13(14)10-4-2-1-3-5-10/h10-14H,1-9H2,(H,17,18)(H,19,20)/t11-,12+,13?,14?/m0/s1. The fraction of sp³-hybridized carbons (Fsp3) is 0.875. The molecule has 2 unspecified atom stereocenters. The van der Waals surface area contributed by atoms with Crippen LogP contribution in [-0.4, -0.2) is 23.0 Å². The van der Waals surface area contributed by atoms with Gasteiger partial charge in [0.1, 0.15) is 0 Å². The quantitative estimate of drug-likeness (QED) is 0.831. The van der Waals surface area contributed by atoms with Gasteiger partial charge in [0.15, 0.2) is 0 Å². The summed E-state index contributed by atoms with van der Waals surface area (Å²) in [6.07, 6.45) is 9.82. The lowest BCUT2D eigenvalue weighted by molar-refractivity contribution is -0.141. The van der Waals surface area contributed by atoms with Crippen molar-refractivity contribution in [3.8, 4) is 0 Å². The van der Waals surface area contributed by atoms with Gasteiger partial charge in [0.25, 0.3) is 0 Å². The zero-order valence-electron chi connectivity index (χ0n) is 12.0. The molecule has 0 saturated heterocycles. The summed E-state index contributed by atoms with van der Waals surface area (Å²) in [5.74, 6) is 0.520. The minimum Gasteiger partial charge on any atom is -0.481 e. The van der Waals surface area contributed by atoms with Gasteiger partial charge in [-0.1, -0.05) is 32.1 Å². The number of carbonyl (C=O) groups excluding carboxylic acids is 1. The molecule has 0 spiro atoms. The summed E-state index contributed by atoms with van der Waals surface area (Å²) in [7, 11) is 0. The first-order valence-corrected chi connectivity index (χ1v) is 8.18. The zero-order chi connectivity index (χ0) is 14.1. The first-order chi connectivity index (χ1) is 9.65. The number of carboxylic acid groups (broad SMARTS) is 1. The van der Waals surface area contributed by atoms with Crippen LogP contribution in [0.25, 0.3) is 0 Å². The van der Waals surface area contributed by atoms with Crippen LogP contribution in [-0.2, 0) is 9.59 Å². The van der Waals surface area contributed by atoms with Gasteiger partial charge in [-0.3, -0.25) is 9.59 Å². The van der Waals surface area contributed by atoms with E-state index in [0.717, 1.165) is 18.8 Å². The van der Waals surface area contributed by atoms with Gasteiger partial charge < -0.3 is 10.4 Å². The van der Waals surface area contributed by atoms with Crippen LogP contribution < -0.4 is 5.32 Å². The van der Waals surface area contributed by atoms with E-state index in [9.17, 15) is 9.59 Å². The largest absolute Gasteiger partial charge is 0.481 e. The Kier molecular flexibility index (Phi) is 3.99. The Morgan fingerprint density at radius 3 is 2.25 bits per heavy atom. The number of carbonyl (C=O) groups is 2. The third-order valence-corrected chi connectivity index (χ3v) is 5.58. The molecule has 0 aromatic heterocycles. The highest BCUT2D eigenvalue weighted by molar-refractivity contribution is 5.81. The second kappa shape index (κ2) is 5.74. The predicted octanol–water partition coefficient (Wildman–Crippen LogP) is 2.57. The van der Waals surface area contributed by atoms with Crippen molar-refractivity contribution < 1.29 is 14.7 Å². The number of carboxylic acids is 1. The number of amides is 1. The SMILES string of the molecule is O=C(O)[C@@H]1CC[C@H](C(=O)NC2CC2C2CCCCC2)C1. The summed E-state index contributed by atoms with van der Waals surface area (Å²) < 4.78 is 0. The van der Waals surface area contributed by atoms with E-state index < -0.39 is 5.97 Å². The van der Waals surface area contributed by atoms with E-state index in [1.165, 1.54) is 32.1 Å². The third kappa shape index (κ3) is 2.99. The Balaban J connectivity index is 1.43. The maximum Gasteiger partial charge on any atom is 0.306 e. The number of nitrogens with one attached hydrogen (secondary N) is 1. The van der Waals surface area contributed by atoms with Crippen molar-refractivity contribution in [1.82, 2.24) is 5.32 Å². The Bertz CT molecular complexity index is 389. The van der Waals surface area contributed by atoms with E-state index in [-0.39, 0.29) is 17.7 Å². The fourth-order valence-corrected chi connectivity index (χ4v) is 4.21. The third-order valence-electron chi connectivity index (χ3n) is 5.58. The first-order valence-electron chi connectivity index (χ1n) is 8.18. The number of hydrogen-bond donors (Lipinski definition) is 2. The minimum atomic E-state index is -0.744. The van der Waals surface area contributed by atoms with Gasteiger partial charge in [-0.15, -0.1) is 0 Å². The fourth-order valence-electron chi connectivity index (χ4n) is 4.21. The highest BCUT2D eigenvalue weighted by Gasteiger charge is 2.45. The van der Waals surface area contributed by atoms with Gasteiger partial charge >= 0.3 is 5.97 Å². The highest BCUT2D eigenvalue weighted by atomic mass is 16.4. The summed E-state index contributed by atoms with van der Waals surface area (Å²) in [6, 6.07) is 0.384. The second-order valence-electron chi connectivity index (χ2n) is 6.96. The molecular formula is C16H25NO3. The smallest absolute Gasteiger partial charge is 0.306 e. The van der Waals surface area contributed by atoms with Crippen LogP contribution in [0.2, 0.25) is 0 Å². The number of aliphatic carboxylic acids is 1. The van der Waals surface area contributed by atoms with Gasteiger partial charge in [0.05, 0.1) is 5.92 Å². The normalized spacial score (nSPS) is 37.6. The van der Waals surface area contributed by atoms with Gasteiger partial charge in [0, 0.05) is 12.0 Å². The molecule has 2 N–H and O–H groups in total. The predicted molar refractivity (Wildman–Crippen MR) is 75.1 cm³/mol. The number of hydrogen-bond acceptors (Lipinski definition) is 2. The lowest BCUT2D eigenvalue weighted by Crippen LogP contribution is -2.33. The average molecular weight is 279 g/mol. The van der Waals surface area contributed by atoms with Gasteiger partial charge in [-0.25, -0.2) is 0 Å². The average Bonchev–Trinajstić information content (AvgIpc) is 3.02. The molecule has 0 aromatic carbocycles. The van der Waals surface area contributed by atoms with Crippen molar-refractivity contribution in [2.24, 2.45) is 23.7 Å². The summed E-state index contributed by atoms with van der Waals surface area (Å²) in [6.45, 7) is 0. The molecule has 4 heteroatoms. The molecule has 1 amide bonds. The molecule has 0 bridgehead atoms. The van der Waals surface area contributed by atoms with E-state index in [2.05, 4.69) is 5.32 Å². The van der Waals surface area contributed by atoms with E-state index >= 15 is 0 Å². The van der Waals surface area contributed by atoms with E-state index in [4.69, 9.17) is 5.11 Å². The van der Waals surface area contributed by atoms with Crippen LogP contribution in [0.15, 0.2) is 0 Å². The summed E-state index contributed by atoms with van der Waals surface area (Å²) >= 11 is 0. The molecular weight excluding hydrogens is 254 g/mol. The summed E-state index contributed by atoms with van der Waals surface area (Å²) in [5.41, 5.74) is 0. The van der Waals surface area contributed by atoms with Crippen molar-refractivity contribution in [3.63, 3.8) is 0 Å². The molecule has 20 heavy (non-hydrogen) atoms. The Labute approximate surface area is 120 Å². The van der Waals surface area contributed by atoms with Crippen LogP contribution >= 0.6 is 0 Å². The van der Waals surface area contributed by atoms with Gasteiger partial charge in [0.2, 0.25) is 5.91 Å². The van der Waals surface area contributed by atoms with E-state index in [1.54, 1.807) is 0 Å². The second-order valence-corrected chi connectivity index (χ2v) is 6.96. The van der Waals surface area contributed by atoms with Crippen molar-refractivity contribution in [1.29, 1.82) is 0 Å². The lowest BCUT2D eigenvalue weighted by Gasteiger charge is -2.22. The maximum atomic E-state index is 12.2. The summed E-state index contributed by atoms with van der Waals surface area (Å²) in [5, 5.41) is 12.2. The van der Waals surface area contributed by atoms with Crippen LogP contribution in [0, 0.1) is 23.7 Å². The van der Waals surface area contributed by atoms with Crippen molar-refractivity contribution in [3.05, 3.63) is 0 Å². The number of rotatable bonds is 4. The van der Waals surface area contributed by atoms with Crippen molar-refractivity contribution in [2.45, 2.75) is 63.8 Å². The topological polar surface area (TPSA) is 66.4 Å². The molecule has 3 aliphatic carbocycles. The lowest BCUT2D eigenvalue weighted by atomic mass is 9.85. The first kappa shape index (κ1) is 13.9. The highest BCUT2D eigenvalue weighted by Crippen LogP contribution is 2.44. The molecule has 112 valence electrons. The molecule has 3 saturated carbocycles. The monoisotopic (exact) mass is 279 g/mol. The van der Waals surface area contributed by atoms with Gasteiger partial charge in [-0.05, 0) is 37.5 Å². The Morgan fingerprint density at radius 1 is 0.900 bits per heavy atom. The molecule has 4 nitrogen and oxygen atoms in total. The Morgan fingerprint density at radius 2 is 1.60 bits per heavy atom. The Hall–Kier alpha value is -1.06. The van der Waals surface area contributed by atoms with Crippen LogP contribution in [0.1, 0.15) is 57.8 Å². The molecule has 4 atom stereocenters. The van der Waals surface area contributed by atoms with Crippen molar-refractivity contribution in [2.75, 3.05) is 0 Å².